The summed E-state index contributed by atoms with van der Waals surface area (Å²) >= 11 is 3.43. The topological polar surface area (TPSA) is 91.6 Å². The molecule has 2 saturated heterocycles. The molecule has 1 aromatic heterocycles. The predicted octanol–water partition coefficient (Wildman–Crippen LogP) is 4.48. The summed E-state index contributed by atoms with van der Waals surface area (Å²) in [5.74, 6) is 1.28. The van der Waals surface area contributed by atoms with E-state index in [9.17, 15) is 9.59 Å². The molecule has 0 radical (unpaired) electrons. The molecule has 3 heterocycles. The molecule has 0 spiro atoms. The summed E-state index contributed by atoms with van der Waals surface area (Å²) in [6.07, 6.45) is 3.00. The minimum Gasteiger partial charge on any atom is -0.338 e. The number of piperidine rings is 1. The third kappa shape index (κ3) is 5.20. The van der Waals surface area contributed by atoms with E-state index >= 15 is 0 Å². The normalized spacial score (nSPS) is 17.3. The highest BCUT2D eigenvalue weighted by Gasteiger charge is 2.27. The molecular weight excluding hydrogens is 498 g/mol. The van der Waals surface area contributed by atoms with Gasteiger partial charge in [-0.1, -0.05) is 27.2 Å². The number of rotatable bonds is 6. The highest BCUT2D eigenvalue weighted by atomic mass is 79.9. The quantitative estimate of drug-likeness (QED) is 0.512. The number of hydrogen-bond donors (Lipinski definition) is 1. The van der Waals surface area contributed by atoms with Crippen molar-refractivity contribution < 1.29 is 14.1 Å². The van der Waals surface area contributed by atoms with Crippen LogP contribution in [0.15, 0.2) is 57.5 Å². The fourth-order valence-electron chi connectivity index (χ4n) is 4.50. The molecule has 0 aliphatic carbocycles. The Morgan fingerprint density at radius 3 is 2.65 bits per heavy atom. The van der Waals surface area contributed by atoms with Gasteiger partial charge in [-0.25, -0.2) is 0 Å². The lowest BCUT2D eigenvalue weighted by Crippen LogP contribution is -2.37. The number of hydrogen-bond acceptors (Lipinski definition) is 6. The minimum atomic E-state index is -0.0469. The van der Waals surface area contributed by atoms with Crippen molar-refractivity contribution in [2.45, 2.75) is 32.2 Å². The van der Waals surface area contributed by atoms with Gasteiger partial charge in [0, 0.05) is 40.3 Å². The zero-order valence-electron chi connectivity index (χ0n) is 18.7. The number of nitrogens with zero attached hydrogens (tertiary/aromatic N) is 4. The number of carbonyl (C=O) groups is 2. The molecule has 2 amide bonds. The number of anilines is 2. The van der Waals surface area contributed by atoms with Gasteiger partial charge < -0.3 is 14.7 Å². The molecule has 34 heavy (non-hydrogen) atoms. The van der Waals surface area contributed by atoms with Crippen LogP contribution in [-0.4, -0.2) is 46.5 Å². The maximum absolute atomic E-state index is 12.9. The molecule has 2 aromatic carbocycles. The van der Waals surface area contributed by atoms with Gasteiger partial charge in [-0.05, 0) is 74.8 Å². The van der Waals surface area contributed by atoms with E-state index in [1.54, 1.807) is 4.90 Å². The second kappa shape index (κ2) is 10.1. The fourth-order valence-corrected chi connectivity index (χ4v) is 4.76. The van der Waals surface area contributed by atoms with Gasteiger partial charge >= 0.3 is 0 Å². The average Bonchev–Trinajstić information content (AvgIpc) is 3.49. The lowest BCUT2D eigenvalue weighted by atomic mass is 9.96. The van der Waals surface area contributed by atoms with Crippen LogP contribution in [0.5, 0.6) is 0 Å². The van der Waals surface area contributed by atoms with E-state index in [0.717, 1.165) is 60.3 Å². The van der Waals surface area contributed by atoms with Crippen molar-refractivity contribution in [3.63, 3.8) is 0 Å². The first-order chi connectivity index (χ1) is 16.5. The first-order valence-corrected chi connectivity index (χ1v) is 12.4. The van der Waals surface area contributed by atoms with Crippen molar-refractivity contribution >= 4 is 39.1 Å². The summed E-state index contributed by atoms with van der Waals surface area (Å²) in [6.45, 7) is 2.88. The molecule has 8 nitrogen and oxygen atoms in total. The fraction of sp³-hybridized carbons (Fsp3) is 0.360. The molecule has 9 heteroatoms. The number of amides is 2. The first kappa shape index (κ1) is 22.7. The van der Waals surface area contributed by atoms with Crippen LogP contribution in [0.25, 0.3) is 11.4 Å². The summed E-state index contributed by atoms with van der Waals surface area (Å²) in [5.41, 5.74) is 2.49. The Kier molecular flexibility index (Phi) is 6.73. The van der Waals surface area contributed by atoms with Gasteiger partial charge in [0.1, 0.15) is 0 Å². The predicted molar refractivity (Wildman–Crippen MR) is 132 cm³/mol. The SMILES string of the molecule is O=C(Nc1cccc(N2CCCC2=O)c1)C1CCN(Cc2nc(-c3ccc(Br)cc3)no2)CC1. The number of halogens is 1. The van der Waals surface area contributed by atoms with Gasteiger partial charge in [0.15, 0.2) is 0 Å². The molecule has 0 unspecified atom stereocenters. The maximum Gasteiger partial charge on any atom is 0.241 e. The number of aromatic nitrogens is 2. The molecule has 0 bridgehead atoms. The van der Waals surface area contributed by atoms with Crippen LogP contribution in [0.3, 0.4) is 0 Å². The van der Waals surface area contributed by atoms with Gasteiger partial charge in [0.25, 0.3) is 0 Å². The van der Waals surface area contributed by atoms with Crippen molar-refractivity contribution in [2.75, 3.05) is 29.9 Å². The third-order valence-electron chi connectivity index (χ3n) is 6.39. The van der Waals surface area contributed by atoms with E-state index in [-0.39, 0.29) is 17.7 Å². The summed E-state index contributed by atoms with van der Waals surface area (Å²) in [4.78, 5) is 33.4. The monoisotopic (exact) mass is 523 g/mol. The van der Waals surface area contributed by atoms with Crippen molar-refractivity contribution in [3.05, 3.63) is 58.9 Å². The molecule has 0 atom stereocenters. The van der Waals surface area contributed by atoms with Gasteiger partial charge in [-0.15, -0.1) is 0 Å². The minimum absolute atomic E-state index is 0.0277. The summed E-state index contributed by atoms with van der Waals surface area (Å²) in [6, 6.07) is 15.3. The zero-order chi connectivity index (χ0) is 23.5. The largest absolute Gasteiger partial charge is 0.338 e. The van der Waals surface area contributed by atoms with Crippen LogP contribution in [0.1, 0.15) is 31.6 Å². The van der Waals surface area contributed by atoms with Gasteiger partial charge in [0.05, 0.1) is 6.54 Å². The molecule has 176 valence electrons. The van der Waals surface area contributed by atoms with Crippen molar-refractivity contribution in [2.24, 2.45) is 5.92 Å². The van der Waals surface area contributed by atoms with Crippen molar-refractivity contribution in [1.82, 2.24) is 15.0 Å². The smallest absolute Gasteiger partial charge is 0.241 e. The van der Waals surface area contributed by atoms with Gasteiger partial charge in [-0.3, -0.25) is 14.5 Å². The summed E-state index contributed by atoms with van der Waals surface area (Å²) in [7, 11) is 0. The van der Waals surface area contributed by atoms with Crippen molar-refractivity contribution in [1.29, 1.82) is 0 Å². The van der Waals surface area contributed by atoms with E-state index in [4.69, 9.17) is 4.52 Å². The zero-order valence-corrected chi connectivity index (χ0v) is 20.3. The van der Waals surface area contributed by atoms with E-state index in [0.29, 0.717) is 24.7 Å². The molecule has 3 aromatic rings. The Labute approximate surface area is 206 Å². The summed E-state index contributed by atoms with van der Waals surface area (Å²) in [5, 5.41) is 7.14. The lowest BCUT2D eigenvalue weighted by Gasteiger charge is -2.30. The van der Waals surface area contributed by atoms with Crippen LogP contribution in [0, 0.1) is 5.92 Å². The third-order valence-corrected chi connectivity index (χ3v) is 6.92. The Morgan fingerprint density at radius 1 is 1.12 bits per heavy atom. The number of carbonyl (C=O) groups excluding carboxylic acids is 2. The maximum atomic E-state index is 12.9. The van der Waals surface area contributed by atoms with Crippen LogP contribution in [0.2, 0.25) is 0 Å². The molecule has 0 saturated carbocycles. The number of nitrogens with one attached hydrogen (secondary N) is 1. The number of likely N-dealkylation sites (tertiary alicyclic amines) is 1. The van der Waals surface area contributed by atoms with E-state index < -0.39 is 0 Å². The highest BCUT2D eigenvalue weighted by molar-refractivity contribution is 9.10. The van der Waals surface area contributed by atoms with Crippen LogP contribution in [-0.2, 0) is 16.1 Å². The van der Waals surface area contributed by atoms with E-state index in [1.165, 1.54) is 0 Å². The summed E-state index contributed by atoms with van der Waals surface area (Å²) < 4.78 is 6.45. The average molecular weight is 524 g/mol. The Hall–Kier alpha value is -3.04. The Morgan fingerprint density at radius 2 is 1.91 bits per heavy atom. The molecule has 2 aliphatic heterocycles. The molecule has 1 N–H and O–H groups in total. The Balaban J connectivity index is 1.13. The second-order valence-electron chi connectivity index (χ2n) is 8.76. The van der Waals surface area contributed by atoms with Gasteiger partial charge in [-0.2, -0.15) is 4.98 Å². The Bertz CT molecular complexity index is 1170. The molecule has 5 rings (SSSR count). The second-order valence-corrected chi connectivity index (χ2v) is 9.67. The van der Waals surface area contributed by atoms with E-state index in [1.807, 2.05) is 48.5 Å². The molecule has 2 aliphatic rings. The first-order valence-electron chi connectivity index (χ1n) is 11.6. The highest BCUT2D eigenvalue weighted by Crippen LogP contribution is 2.26. The van der Waals surface area contributed by atoms with Crippen LogP contribution < -0.4 is 10.2 Å². The van der Waals surface area contributed by atoms with Crippen LogP contribution in [0.4, 0.5) is 11.4 Å². The number of benzene rings is 2. The standard InChI is InChI=1S/C25H26BrN5O3/c26-19-8-6-17(7-9-19)24-28-22(34-29-24)16-30-13-10-18(11-14-30)25(33)27-20-3-1-4-21(15-20)31-12-2-5-23(31)32/h1,3-4,6-9,15,18H,2,5,10-14,16H2,(H,27,33). The molecular formula is C25H26BrN5O3. The van der Waals surface area contributed by atoms with Gasteiger partial charge in [0.2, 0.25) is 23.5 Å². The van der Waals surface area contributed by atoms with Crippen molar-refractivity contribution in [3.8, 4) is 11.4 Å². The molecule has 2 fully saturated rings. The lowest BCUT2D eigenvalue weighted by molar-refractivity contribution is -0.121. The van der Waals surface area contributed by atoms with E-state index in [2.05, 4.69) is 36.3 Å². The van der Waals surface area contributed by atoms with Crippen LogP contribution >= 0.6 is 15.9 Å².